The molecule has 16 heavy (non-hydrogen) atoms. The second kappa shape index (κ2) is 6.69. The third-order valence-electron chi connectivity index (χ3n) is 2.43. The summed E-state index contributed by atoms with van der Waals surface area (Å²) in [6.45, 7) is 4.03. The highest BCUT2D eigenvalue weighted by Crippen LogP contribution is 2.05. The van der Waals surface area contributed by atoms with Gasteiger partial charge in [-0.25, -0.2) is 0 Å². The number of rotatable bonds is 5. The first-order valence-electron chi connectivity index (χ1n) is 5.57. The van der Waals surface area contributed by atoms with E-state index in [-0.39, 0.29) is 11.9 Å². The van der Waals surface area contributed by atoms with Crippen molar-refractivity contribution in [2.24, 2.45) is 0 Å². The zero-order valence-corrected chi connectivity index (χ0v) is 11.4. The number of carbonyl (C=O) groups is 1. The van der Waals surface area contributed by atoms with Gasteiger partial charge in [-0.1, -0.05) is 33.6 Å². The van der Waals surface area contributed by atoms with Gasteiger partial charge in [0, 0.05) is 16.9 Å². The molecule has 0 aliphatic carbocycles. The minimum absolute atomic E-state index is 0.0192. The number of nitrogens with one attached hydrogen (secondary N) is 1. The first-order valence-corrected chi connectivity index (χ1v) is 6.69. The molecule has 0 aliphatic heterocycles. The summed E-state index contributed by atoms with van der Waals surface area (Å²) in [6.07, 6.45) is 2.08. The monoisotopic (exact) mass is 283 g/mol. The van der Waals surface area contributed by atoms with Crippen molar-refractivity contribution in [2.45, 2.75) is 32.7 Å². The van der Waals surface area contributed by atoms with E-state index in [1.165, 1.54) is 0 Å². The van der Waals surface area contributed by atoms with Gasteiger partial charge in [-0.2, -0.15) is 0 Å². The van der Waals surface area contributed by atoms with Crippen LogP contribution >= 0.6 is 15.9 Å². The highest BCUT2D eigenvalue weighted by Gasteiger charge is 2.08. The molecule has 0 saturated heterocycles. The van der Waals surface area contributed by atoms with Gasteiger partial charge in [0.15, 0.2) is 0 Å². The zero-order chi connectivity index (χ0) is 12.0. The van der Waals surface area contributed by atoms with E-state index in [0.29, 0.717) is 0 Å². The Morgan fingerprint density at radius 2 is 2.25 bits per heavy atom. The minimum atomic E-state index is 0.0192. The van der Waals surface area contributed by atoms with E-state index in [1.807, 2.05) is 38.1 Å². The summed E-state index contributed by atoms with van der Waals surface area (Å²) in [7, 11) is 0. The lowest BCUT2D eigenvalue weighted by Gasteiger charge is -2.13. The Bertz CT molecular complexity index is 352. The Kier molecular flexibility index (Phi) is 5.53. The third-order valence-corrected chi connectivity index (χ3v) is 2.99. The summed E-state index contributed by atoms with van der Waals surface area (Å²) in [4.78, 5) is 11.8. The SMILES string of the molecule is Cc1cccc(C(=O)NC(C)CCCBr)c1. The molecule has 0 aliphatic rings. The van der Waals surface area contributed by atoms with Crippen molar-refractivity contribution < 1.29 is 4.79 Å². The predicted octanol–water partition coefficient (Wildman–Crippen LogP) is 3.29. The van der Waals surface area contributed by atoms with Crippen molar-refractivity contribution in [3.8, 4) is 0 Å². The van der Waals surface area contributed by atoms with Crippen LogP contribution in [0.3, 0.4) is 0 Å². The molecule has 0 saturated carbocycles. The molecule has 0 fully saturated rings. The lowest BCUT2D eigenvalue weighted by atomic mass is 10.1. The van der Waals surface area contributed by atoms with E-state index >= 15 is 0 Å². The molecule has 1 unspecified atom stereocenters. The Labute approximate surface area is 106 Å². The first kappa shape index (κ1) is 13.2. The molecule has 1 rings (SSSR count). The number of benzene rings is 1. The van der Waals surface area contributed by atoms with Crippen LogP contribution in [0.25, 0.3) is 0 Å². The Morgan fingerprint density at radius 3 is 2.88 bits per heavy atom. The molecule has 0 heterocycles. The number of hydrogen-bond donors (Lipinski definition) is 1. The molecule has 88 valence electrons. The van der Waals surface area contributed by atoms with Crippen LogP contribution in [0, 0.1) is 6.92 Å². The van der Waals surface area contributed by atoms with Gasteiger partial charge in [0.25, 0.3) is 5.91 Å². The molecule has 1 atom stereocenters. The van der Waals surface area contributed by atoms with Crippen LogP contribution in [0.5, 0.6) is 0 Å². The van der Waals surface area contributed by atoms with E-state index in [1.54, 1.807) is 0 Å². The number of carbonyl (C=O) groups excluding carboxylic acids is 1. The topological polar surface area (TPSA) is 29.1 Å². The smallest absolute Gasteiger partial charge is 0.251 e. The maximum absolute atomic E-state index is 11.8. The zero-order valence-electron chi connectivity index (χ0n) is 9.79. The standard InChI is InChI=1S/C13H18BrNO/c1-10-5-3-7-12(9-10)13(16)15-11(2)6-4-8-14/h3,5,7,9,11H,4,6,8H2,1-2H3,(H,15,16). The van der Waals surface area contributed by atoms with Crippen molar-refractivity contribution >= 4 is 21.8 Å². The molecule has 3 heteroatoms. The van der Waals surface area contributed by atoms with E-state index < -0.39 is 0 Å². The lowest BCUT2D eigenvalue weighted by Crippen LogP contribution is -2.32. The van der Waals surface area contributed by atoms with Crippen molar-refractivity contribution in [3.05, 3.63) is 35.4 Å². The third kappa shape index (κ3) is 4.35. The summed E-state index contributed by atoms with van der Waals surface area (Å²) in [5.74, 6) is 0.0192. The molecule has 1 N–H and O–H groups in total. The highest BCUT2D eigenvalue weighted by atomic mass is 79.9. The number of alkyl halides is 1. The summed E-state index contributed by atoms with van der Waals surface area (Å²) < 4.78 is 0. The Hall–Kier alpha value is -0.830. The fourth-order valence-electron chi connectivity index (χ4n) is 1.55. The summed E-state index contributed by atoms with van der Waals surface area (Å²) in [5.41, 5.74) is 1.85. The number of hydrogen-bond acceptors (Lipinski definition) is 1. The molecular formula is C13H18BrNO. The van der Waals surface area contributed by atoms with E-state index in [2.05, 4.69) is 21.2 Å². The molecule has 0 radical (unpaired) electrons. The normalized spacial score (nSPS) is 12.2. The quantitative estimate of drug-likeness (QED) is 0.826. The summed E-state index contributed by atoms with van der Waals surface area (Å²) in [6, 6.07) is 7.88. The maximum Gasteiger partial charge on any atom is 0.251 e. The minimum Gasteiger partial charge on any atom is -0.350 e. The second-order valence-electron chi connectivity index (χ2n) is 4.08. The van der Waals surface area contributed by atoms with Crippen LogP contribution in [0.4, 0.5) is 0 Å². The van der Waals surface area contributed by atoms with Crippen molar-refractivity contribution in [1.82, 2.24) is 5.32 Å². The molecule has 0 aromatic heterocycles. The highest BCUT2D eigenvalue weighted by molar-refractivity contribution is 9.09. The molecular weight excluding hydrogens is 266 g/mol. The molecule has 1 amide bonds. The van der Waals surface area contributed by atoms with Gasteiger partial charge in [-0.15, -0.1) is 0 Å². The fourth-order valence-corrected chi connectivity index (χ4v) is 1.87. The van der Waals surface area contributed by atoms with E-state index in [9.17, 15) is 4.79 Å². The van der Waals surface area contributed by atoms with Crippen LogP contribution in [-0.2, 0) is 0 Å². The van der Waals surface area contributed by atoms with Gasteiger partial charge in [0.1, 0.15) is 0 Å². The summed E-state index contributed by atoms with van der Waals surface area (Å²) in [5, 5.41) is 3.98. The van der Waals surface area contributed by atoms with Gasteiger partial charge in [-0.3, -0.25) is 4.79 Å². The number of amides is 1. The Morgan fingerprint density at radius 1 is 1.50 bits per heavy atom. The average molecular weight is 284 g/mol. The van der Waals surface area contributed by atoms with Crippen molar-refractivity contribution in [2.75, 3.05) is 5.33 Å². The maximum atomic E-state index is 11.8. The van der Waals surface area contributed by atoms with E-state index in [0.717, 1.165) is 29.3 Å². The van der Waals surface area contributed by atoms with Gasteiger partial charge in [0.2, 0.25) is 0 Å². The van der Waals surface area contributed by atoms with Crippen molar-refractivity contribution in [1.29, 1.82) is 0 Å². The average Bonchev–Trinajstić information content (AvgIpc) is 2.26. The second-order valence-corrected chi connectivity index (χ2v) is 4.87. The number of aryl methyl sites for hydroxylation is 1. The lowest BCUT2D eigenvalue weighted by molar-refractivity contribution is 0.0938. The van der Waals surface area contributed by atoms with Gasteiger partial charge < -0.3 is 5.32 Å². The van der Waals surface area contributed by atoms with Gasteiger partial charge in [-0.05, 0) is 38.8 Å². The van der Waals surface area contributed by atoms with Gasteiger partial charge >= 0.3 is 0 Å². The molecule has 1 aromatic carbocycles. The van der Waals surface area contributed by atoms with Crippen molar-refractivity contribution in [3.63, 3.8) is 0 Å². The van der Waals surface area contributed by atoms with Crippen LogP contribution in [-0.4, -0.2) is 17.3 Å². The largest absolute Gasteiger partial charge is 0.350 e. The molecule has 0 bridgehead atoms. The Balaban J connectivity index is 2.52. The molecule has 1 aromatic rings. The van der Waals surface area contributed by atoms with Crippen LogP contribution < -0.4 is 5.32 Å². The van der Waals surface area contributed by atoms with Crippen LogP contribution in [0.15, 0.2) is 24.3 Å². The fraction of sp³-hybridized carbons (Fsp3) is 0.462. The molecule has 2 nitrogen and oxygen atoms in total. The first-order chi connectivity index (χ1) is 7.63. The van der Waals surface area contributed by atoms with Crippen LogP contribution in [0.1, 0.15) is 35.7 Å². The van der Waals surface area contributed by atoms with Crippen LogP contribution in [0.2, 0.25) is 0 Å². The number of halogens is 1. The predicted molar refractivity (Wildman–Crippen MR) is 71.1 cm³/mol. The molecule has 0 spiro atoms. The van der Waals surface area contributed by atoms with E-state index in [4.69, 9.17) is 0 Å². The van der Waals surface area contributed by atoms with Gasteiger partial charge in [0.05, 0.1) is 0 Å². The summed E-state index contributed by atoms with van der Waals surface area (Å²) >= 11 is 3.39.